The fourth-order valence-electron chi connectivity index (χ4n) is 3.47. The summed E-state index contributed by atoms with van der Waals surface area (Å²) in [6, 6.07) is 9.40. The van der Waals surface area contributed by atoms with Crippen LogP contribution in [0.3, 0.4) is 0 Å². The Kier molecular flexibility index (Phi) is 5.40. The Hall–Kier alpha value is -3.62. The molecule has 9 heteroatoms. The van der Waals surface area contributed by atoms with Crippen molar-refractivity contribution in [2.24, 2.45) is 14.1 Å². The molecule has 0 spiro atoms. The van der Waals surface area contributed by atoms with Gasteiger partial charge in [0.2, 0.25) is 0 Å². The minimum atomic E-state index is -0.579. The van der Waals surface area contributed by atoms with E-state index in [1.807, 2.05) is 24.8 Å². The molecule has 0 atom stereocenters. The topological polar surface area (TPSA) is 102 Å². The van der Waals surface area contributed by atoms with Crippen molar-refractivity contribution in [2.45, 2.75) is 13.8 Å². The van der Waals surface area contributed by atoms with E-state index >= 15 is 0 Å². The number of nitrogens with one attached hydrogen (secondary N) is 1. The summed E-state index contributed by atoms with van der Waals surface area (Å²) in [5.41, 5.74) is 2.18. The fourth-order valence-corrected chi connectivity index (χ4v) is 3.47. The first-order chi connectivity index (χ1) is 13.8. The zero-order valence-electron chi connectivity index (χ0n) is 16.8. The molecular weight excluding hydrogens is 374 g/mol. The van der Waals surface area contributed by atoms with Gasteiger partial charge in [0.25, 0.3) is 11.6 Å². The second-order valence-corrected chi connectivity index (χ2v) is 6.66. The van der Waals surface area contributed by atoms with Crippen LogP contribution >= 0.6 is 0 Å². The van der Waals surface area contributed by atoms with Crippen molar-refractivity contribution in [2.75, 3.05) is 23.3 Å². The molecule has 0 unspecified atom stereocenters. The van der Waals surface area contributed by atoms with Gasteiger partial charge in [-0.05, 0) is 32.0 Å². The Labute approximate surface area is 167 Å². The smallest absolute Gasteiger partial charge is 0.328 e. The molecule has 1 aromatic heterocycles. The van der Waals surface area contributed by atoms with Crippen molar-refractivity contribution in [3.63, 3.8) is 0 Å². The first-order valence-corrected chi connectivity index (χ1v) is 9.29. The van der Waals surface area contributed by atoms with Crippen molar-refractivity contribution in [1.29, 1.82) is 0 Å². The van der Waals surface area contributed by atoms with E-state index in [9.17, 15) is 19.7 Å². The number of aryl methyl sites for hydroxylation is 2. The lowest BCUT2D eigenvalue weighted by molar-refractivity contribution is -0.385. The van der Waals surface area contributed by atoms with Crippen LogP contribution in [0.15, 0.2) is 41.2 Å². The summed E-state index contributed by atoms with van der Waals surface area (Å²) in [6.45, 7) is 5.37. The molecule has 0 radical (unpaired) electrons. The van der Waals surface area contributed by atoms with Gasteiger partial charge in [-0.3, -0.25) is 24.0 Å². The number of carbonyl (C=O) groups excluding carboxylic acids is 1. The van der Waals surface area contributed by atoms with Gasteiger partial charge in [0, 0.05) is 33.3 Å². The average molecular weight is 397 g/mol. The van der Waals surface area contributed by atoms with Gasteiger partial charge in [-0.2, -0.15) is 0 Å². The number of amides is 1. The van der Waals surface area contributed by atoms with Gasteiger partial charge in [-0.25, -0.2) is 4.79 Å². The van der Waals surface area contributed by atoms with Crippen LogP contribution in [0.4, 0.5) is 17.1 Å². The summed E-state index contributed by atoms with van der Waals surface area (Å²) in [5, 5.41) is 14.1. The SMILES string of the molecule is CCN(CC)c1cc2c(cc1NC(=O)c1ccccc1[N+](=O)[O-])n(C)c(=O)n2C. The summed E-state index contributed by atoms with van der Waals surface area (Å²) >= 11 is 0. The van der Waals surface area contributed by atoms with Gasteiger partial charge in [0.1, 0.15) is 5.56 Å². The molecule has 0 fully saturated rings. The Bertz CT molecular complexity index is 1160. The number of nitro groups is 1. The van der Waals surface area contributed by atoms with Gasteiger partial charge in [-0.15, -0.1) is 0 Å². The van der Waals surface area contributed by atoms with E-state index in [0.717, 1.165) is 11.2 Å². The van der Waals surface area contributed by atoms with Crippen molar-refractivity contribution in [3.05, 3.63) is 62.6 Å². The van der Waals surface area contributed by atoms with Crippen LogP contribution in [-0.4, -0.2) is 33.1 Å². The normalized spacial score (nSPS) is 10.9. The van der Waals surface area contributed by atoms with E-state index in [1.165, 1.54) is 22.8 Å². The molecule has 0 bridgehead atoms. The van der Waals surface area contributed by atoms with Crippen LogP contribution in [0.5, 0.6) is 0 Å². The highest BCUT2D eigenvalue weighted by molar-refractivity contribution is 6.09. The predicted octanol–water partition coefficient (Wildman–Crippen LogP) is 2.88. The highest BCUT2D eigenvalue weighted by Crippen LogP contribution is 2.32. The molecule has 2 aromatic carbocycles. The second kappa shape index (κ2) is 7.78. The van der Waals surface area contributed by atoms with Gasteiger partial charge < -0.3 is 10.2 Å². The van der Waals surface area contributed by atoms with Crippen molar-refractivity contribution in [1.82, 2.24) is 9.13 Å². The largest absolute Gasteiger partial charge is 0.370 e. The van der Waals surface area contributed by atoms with Crippen molar-refractivity contribution < 1.29 is 9.72 Å². The van der Waals surface area contributed by atoms with E-state index < -0.39 is 10.8 Å². The number of fused-ring (bicyclic) bond motifs is 1. The number of aromatic nitrogens is 2. The molecule has 0 aliphatic carbocycles. The second-order valence-electron chi connectivity index (χ2n) is 6.66. The first kappa shape index (κ1) is 20.1. The summed E-state index contributed by atoms with van der Waals surface area (Å²) < 4.78 is 3.05. The van der Waals surface area contributed by atoms with Crippen molar-refractivity contribution >= 4 is 34.0 Å². The third kappa shape index (κ3) is 3.46. The number of nitro benzene ring substituents is 1. The fraction of sp³-hybridized carbons (Fsp3) is 0.300. The summed E-state index contributed by atoms with van der Waals surface area (Å²) in [4.78, 5) is 38.0. The van der Waals surface area contributed by atoms with Crippen LogP contribution in [0.1, 0.15) is 24.2 Å². The Morgan fingerprint density at radius 3 is 2.28 bits per heavy atom. The number of hydrogen-bond donors (Lipinski definition) is 1. The lowest BCUT2D eigenvalue weighted by Crippen LogP contribution is -2.24. The van der Waals surface area contributed by atoms with E-state index in [-0.39, 0.29) is 16.9 Å². The molecule has 1 heterocycles. The molecule has 1 N–H and O–H groups in total. The molecule has 1 amide bonds. The molecule has 0 aliphatic rings. The zero-order chi connectivity index (χ0) is 21.3. The number of benzene rings is 2. The first-order valence-electron chi connectivity index (χ1n) is 9.29. The van der Waals surface area contributed by atoms with E-state index in [4.69, 9.17) is 0 Å². The highest BCUT2D eigenvalue weighted by Gasteiger charge is 2.22. The van der Waals surface area contributed by atoms with Gasteiger partial charge in [0.15, 0.2) is 0 Å². The van der Waals surface area contributed by atoms with Gasteiger partial charge in [0.05, 0.1) is 27.3 Å². The quantitative estimate of drug-likeness (QED) is 0.509. The van der Waals surface area contributed by atoms with E-state index in [1.54, 1.807) is 30.8 Å². The minimum absolute atomic E-state index is 0.0231. The minimum Gasteiger partial charge on any atom is -0.370 e. The lowest BCUT2D eigenvalue weighted by atomic mass is 10.1. The third-order valence-electron chi connectivity index (χ3n) is 5.09. The summed E-state index contributed by atoms with van der Waals surface area (Å²) in [7, 11) is 3.36. The highest BCUT2D eigenvalue weighted by atomic mass is 16.6. The predicted molar refractivity (Wildman–Crippen MR) is 113 cm³/mol. The molecular formula is C20H23N5O4. The number of imidazole rings is 1. The standard InChI is InChI=1S/C20H23N5O4/c1-5-24(6-2)16-12-18-17(22(3)20(27)23(18)4)11-14(16)21-19(26)13-9-7-8-10-15(13)25(28)29/h7-12H,5-6H2,1-4H3,(H,21,26). The molecule has 0 saturated carbocycles. The van der Waals surface area contributed by atoms with E-state index in [2.05, 4.69) is 5.32 Å². The maximum Gasteiger partial charge on any atom is 0.328 e. The Morgan fingerprint density at radius 1 is 1.10 bits per heavy atom. The van der Waals surface area contributed by atoms with Crippen LogP contribution in [0.25, 0.3) is 11.0 Å². The molecule has 3 aromatic rings. The molecule has 0 saturated heterocycles. The number of carbonyl (C=O) groups is 1. The van der Waals surface area contributed by atoms with E-state index in [0.29, 0.717) is 24.3 Å². The number of para-hydroxylation sites is 1. The van der Waals surface area contributed by atoms with Crippen molar-refractivity contribution in [3.8, 4) is 0 Å². The third-order valence-corrected chi connectivity index (χ3v) is 5.09. The molecule has 152 valence electrons. The van der Waals surface area contributed by atoms with Crippen LogP contribution in [0, 0.1) is 10.1 Å². The molecule has 9 nitrogen and oxygen atoms in total. The van der Waals surface area contributed by atoms with Crippen LogP contribution in [0.2, 0.25) is 0 Å². The van der Waals surface area contributed by atoms with Gasteiger partial charge >= 0.3 is 5.69 Å². The molecule has 0 aliphatic heterocycles. The summed E-state index contributed by atoms with van der Waals surface area (Å²) in [5.74, 6) is -0.578. The molecule has 29 heavy (non-hydrogen) atoms. The lowest BCUT2D eigenvalue weighted by Gasteiger charge is -2.24. The molecule has 3 rings (SSSR count). The number of hydrogen-bond acceptors (Lipinski definition) is 5. The van der Waals surface area contributed by atoms with Crippen LogP contribution in [-0.2, 0) is 14.1 Å². The monoisotopic (exact) mass is 397 g/mol. The number of anilines is 2. The Balaban J connectivity index is 2.16. The number of rotatable bonds is 6. The zero-order valence-corrected chi connectivity index (χ0v) is 16.8. The van der Waals surface area contributed by atoms with Gasteiger partial charge in [-0.1, -0.05) is 12.1 Å². The maximum atomic E-state index is 12.9. The maximum absolute atomic E-state index is 12.9. The van der Waals surface area contributed by atoms with Crippen LogP contribution < -0.4 is 15.9 Å². The average Bonchev–Trinajstić information content (AvgIpc) is 2.92. The number of nitrogens with zero attached hydrogens (tertiary/aromatic N) is 4. The summed E-state index contributed by atoms with van der Waals surface area (Å²) in [6.07, 6.45) is 0. The Morgan fingerprint density at radius 2 is 1.69 bits per heavy atom.